The molecule has 0 saturated heterocycles. The largest absolute Gasteiger partial charge is 0.460 e. The van der Waals surface area contributed by atoms with Crippen LogP contribution < -0.4 is 5.32 Å². The van der Waals surface area contributed by atoms with Crippen molar-refractivity contribution in [1.82, 2.24) is 19.7 Å². The van der Waals surface area contributed by atoms with Crippen molar-refractivity contribution in [3.8, 4) is 5.82 Å². The number of hydrogen-bond acceptors (Lipinski definition) is 5. The van der Waals surface area contributed by atoms with Gasteiger partial charge in [-0.05, 0) is 24.3 Å². The van der Waals surface area contributed by atoms with Gasteiger partial charge in [0.05, 0.1) is 11.9 Å². The van der Waals surface area contributed by atoms with E-state index in [1.165, 1.54) is 12.4 Å². The second-order valence-electron chi connectivity index (χ2n) is 5.86. The monoisotopic (exact) mass is 359 g/mol. The summed E-state index contributed by atoms with van der Waals surface area (Å²) in [7, 11) is 0. The van der Waals surface area contributed by atoms with Gasteiger partial charge in [0.1, 0.15) is 24.0 Å². The fraction of sp³-hybridized carbons (Fsp3) is 0.100. The molecule has 0 radical (unpaired) electrons. The quantitative estimate of drug-likeness (QED) is 0.550. The van der Waals surface area contributed by atoms with Gasteiger partial charge in [-0.2, -0.15) is 5.10 Å². The number of amides is 1. The number of nitrogens with one attached hydrogen (secondary N) is 1. The van der Waals surface area contributed by atoms with E-state index in [9.17, 15) is 4.79 Å². The molecule has 0 saturated carbocycles. The van der Waals surface area contributed by atoms with Crippen LogP contribution in [0.2, 0.25) is 0 Å². The summed E-state index contributed by atoms with van der Waals surface area (Å²) in [6.07, 6.45) is 8.62. The normalized spacial score (nSPS) is 11.3. The highest BCUT2D eigenvalue weighted by Crippen LogP contribution is 2.27. The van der Waals surface area contributed by atoms with Gasteiger partial charge < -0.3 is 9.73 Å². The SMILES string of the molecule is CCc1oc2ccccc2c1/C=C/C(=O)Nc1ccc(-n2cncn2)nc1. The Balaban J connectivity index is 1.50. The van der Waals surface area contributed by atoms with Crippen LogP contribution in [0.4, 0.5) is 5.69 Å². The number of anilines is 1. The van der Waals surface area contributed by atoms with Crippen LogP contribution in [0, 0.1) is 0 Å². The number of furan rings is 1. The molecule has 134 valence electrons. The van der Waals surface area contributed by atoms with Crippen molar-refractivity contribution in [3.63, 3.8) is 0 Å². The lowest BCUT2D eigenvalue weighted by Gasteiger charge is -2.03. The number of carbonyl (C=O) groups is 1. The van der Waals surface area contributed by atoms with E-state index in [-0.39, 0.29) is 5.91 Å². The molecule has 0 unspecified atom stereocenters. The minimum Gasteiger partial charge on any atom is -0.460 e. The summed E-state index contributed by atoms with van der Waals surface area (Å²) in [5.74, 6) is 1.25. The molecule has 7 heteroatoms. The predicted molar refractivity (Wildman–Crippen MR) is 102 cm³/mol. The van der Waals surface area contributed by atoms with Gasteiger partial charge in [0.25, 0.3) is 0 Å². The van der Waals surface area contributed by atoms with Crippen molar-refractivity contribution in [2.75, 3.05) is 5.32 Å². The molecular weight excluding hydrogens is 342 g/mol. The molecule has 1 amide bonds. The number of nitrogens with zero attached hydrogens (tertiary/aromatic N) is 4. The molecule has 3 heterocycles. The van der Waals surface area contributed by atoms with Crippen LogP contribution in [0.3, 0.4) is 0 Å². The van der Waals surface area contributed by atoms with Crippen LogP contribution in [0.5, 0.6) is 0 Å². The highest BCUT2D eigenvalue weighted by Gasteiger charge is 2.10. The predicted octanol–water partition coefficient (Wildman–Crippen LogP) is 3.62. The number of fused-ring (bicyclic) bond motifs is 1. The number of hydrogen-bond donors (Lipinski definition) is 1. The van der Waals surface area contributed by atoms with Crippen LogP contribution in [0.15, 0.2) is 65.7 Å². The Morgan fingerprint density at radius 3 is 2.89 bits per heavy atom. The topological polar surface area (TPSA) is 85.8 Å². The molecule has 0 aliphatic carbocycles. The Kier molecular flexibility index (Phi) is 4.49. The van der Waals surface area contributed by atoms with Gasteiger partial charge in [0, 0.05) is 23.4 Å². The number of pyridine rings is 1. The number of aryl methyl sites for hydroxylation is 1. The van der Waals surface area contributed by atoms with Gasteiger partial charge in [0.2, 0.25) is 5.91 Å². The zero-order valence-corrected chi connectivity index (χ0v) is 14.7. The smallest absolute Gasteiger partial charge is 0.248 e. The lowest BCUT2D eigenvalue weighted by molar-refractivity contribution is -0.111. The van der Waals surface area contributed by atoms with E-state index < -0.39 is 0 Å². The standard InChI is InChI=1S/C20H17N5O2/c1-2-17-16(15-5-3-4-6-18(15)27-17)8-10-20(26)24-14-7-9-19(22-11-14)25-13-21-12-23-25/h3-13H,2H2,1H3,(H,24,26)/b10-8+. The van der Waals surface area contributed by atoms with Crippen molar-refractivity contribution in [2.45, 2.75) is 13.3 Å². The van der Waals surface area contributed by atoms with Crippen LogP contribution in [-0.2, 0) is 11.2 Å². The van der Waals surface area contributed by atoms with Gasteiger partial charge in [-0.1, -0.05) is 25.1 Å². The average molecular weight is 359 g/mol. The Bertz CT molecular complexity index is 1100. The van der Waals surface area contributed by atoms with E-state index in [1.807, 2.05) is 31.2 Å². The summed E-state index contributed by atoms with van der Waals surface area (Å²) in [6, 6.07) is 11.3. The Labute approximate surface area is 155 Å². The van der Waals surface area contributed by atoms with Crippen molar-refractivity contribution < 1.29 is 9.21 Å². The molecule has 0 aliphatic heterocycles. The van der Waals surface area contributed by atoms with Crippen LogP contribution >= 0.6 is 0 Å². The summed E-state index contributed by atoms with van der Waals surface area (Å²) in [5, 5.41) is 7.81. The van der Waals surface area contributed by atoms with E-state index in [0.29, 0.717) is 11.5 Å². The maximum atomic E-state index is 12.3. The van der Waals surface area contributed by atoms with Gasteiger partial charge in [-0.3, -0.25) is 4.79 Å². The van der Waals surface area contributed by atoms with E-state index in [2.05, 4.69) is 20.4 Å². The molecule has 0 spiro atoms. The first-order valence-corrected chi connectivity index (χ1v) is 8.55. The molecule has 0 bridgehead atoms. The maximum absolute atomic E-state index is 12.3. The second kappa shape index (κ2) is 7.25. The Hall–Kier alpha value is -3.74. The first-order valence-electron chi connectivity index (χ1n) is 8.55. The number of aromatic nitrogens is 4. The first kappa shape index (κ1) is 16.7. The molecule has 7 nitrogen and oxygen atoms in total. The molecule has 3 aromatic heterocycles. The molecule has 4 rings (SSSR count). The molecule has 0 atom stereocenters. The zero-order valence-electron chi connectivity index (χ0n) is 14.7. The fourth-order valence-electron chi connectivity index (χ4n) is 2.83. The molecular formula is C20H17N5O2. The molecule has 1 N–H and O–H groups in total. The molecule has 0 fully saturated rings. The Morgan fingerprint density at radius 1 is 1.26 bits per heavy atom. The minimum atomic E-state index is -0.238. The summed E-state index contributed by atoms with van der Waals surface area (Å²) in [5.41, 5.74) is 2.35. The summed E-state index contributed by atoms with van der Waals surface area (Å²) in [6.45, 7) is 2.03. The lowest BCUT2D eigenvalue weighted by Crippen LogP contribution is -2.08. The third-order valence-electron chi connectivity index (χ3n) is 4.10. The van der Waals surface area contributed by atoms with Gasteiger partial charge in [0.15, 0.2) is 5.82 Å². The maximum Gasteiger partial charge on any atom is 0.248 e. The van der Waals surface area contributed by atoms with Crippen molar-refractivity contribution in [1.29, 1.82) is 0 Å². The second-order valence-corrected chi connectivity index (χ2v) is 5.86. The highest BCUT2D eigenvalue weighted by atomic mass is 16.3. The van der Waals surface area contributed by atoms with Crippen LogP contribution in [-0.4, -0.2) is 25.7 Å². The Morgan fingerprint density at radius 2 is 2.15 bits per heavy atom. The van der Waals surface area contributed by atoms with Crippen molar-refractivity contribution >= 4 is 28.6 Å². The minimum absolute atomic E-state index is 0.238. The van der Waals surface area contributed by atoms with Gasteiger partial charge in [-0.25, -0.2) is 14.6 Å². The van der Waals surface area contributed by atoms with Crippen LogP contribution in [0.25, 0.3) is 22.9 Å². The highest BCUT2D eigenvalue weighted by molar-refractivity contribution is 6.03. The van der Waals surface area contributed by atoms with E-state index >= 15 is 0 Å². The molecule has 27 heavy (non-hydrogen) atoms. The summed E-state index contributed by atoms with van der Waals surface area (Å²) >= 11 is 0. The van der Waals surface area contributed by atoms with Gasteiger partial charge in [-0.15, -0.1) is 0 Å². The van der Waals surface area contributed by atoms with E-state index in [1.54, 1.807) is 35.4 Å². The summed E-state index contributed by atoms with van der Waals surface area (Å²) in [4.78, 5) is 20.4. The van der Waals surface area contributed by atoms with Gasteiger partial charge >= 0.3 is 0 Å². The van der Waals surface area contributed by atoms with E-state index in [0.717, 1.165) is 28.7 Å². The average Bonchev–Trinajstić information content (AvgIpc) is 3.35. The number of rotatable bonds is 5. The summed E-state index contributed by atoms with van der Waals surface area (Å²) < 4.78 is 7.38. The third kappa shape index (κ3) is 3.48. The molecule has 1 aromatic carbocycles. The number of benzene rings is 1. The number of para-hydroxylation sites is 1. The molecule has 4 aromatic rings. The van der Waals surface area contributed by atoms with Crippen molar-refractivity contribution in [3.05, 3.63) is 72.6 Å². The zero-order chi connectivity index (χ0) is 18.6. The van der Waals surface area contributed by atoms with Crippen molar-refractivity contribution in [2.24, 2.45) is 0 Å². The molecule has 0 aliphatic rings. The van der Waals surface area contributed by atoms with Crippen LogP contribution in [0.1, 0.15) is 18.2 Å². The van der Waals surface area contributed by atoms with E-state index in [4.69, 9.17) is 4.42 Å². The third-order valence-corrected chi connectivity index (χ3v) is 4.10. The lowest BCUT2D eigenvalue weighted by atomic mass is 10.1. The fourth-order valence-corrected chi connectivity index (χ4v) is 2.83. The first-order chi connectivity index (χ1) is 13.2. The number of carbonyl (C=O) groups excluding carboxylic acids is 1.